The fourth-order valence-electron chi connectivity index (χ4n) is 1.17. The zero-order chi connectivity index (χ0) is 14.1. The first-order valence-electron chi connectivity index (χ1n) is 4.30. The van der Waals surface area contributed by atoms with Crippen LogP contribution in [-0.4, -0.2) is 26.9 Å². The average Bonchev–Trinajstić information content (AvgIpc) is 2.17. The summed E-state index contributed by atoms with van der Waals surface area (Å²) < 4.78 is 67.0. The molecule has 0 amide bonds. The lowest BCUT2D eigenvalue weighted by molar-refractivity contribution is -0.275. The van der Waals surface area contributed by atoms with Gasteiger partial charge >= 0.3 is 6.36 Å². The van der Waals surface area contributed by atoms with Crippen LogP contribution >= 0.6 is 10.7 Å². The van der Waals surface area contributed by atoms with E-state index in [2.05, 4.69) is 14.5 Å². The molecule has 0 N–H and O–H groups in total. The van der Waals surface area contributed by atoms with E-state index in [9.17, 15) is 21.6 Å². The largest absolute Gasteiger partial charge is 0.573 e. The van der Waals surface area contributed by atoms with Crippen molar-refractivity contribution in [2.75, 3.05) is 7.11 Å². The third-order valence-electron chi connectivity index (χ3n) is 1.88. The van der Waals surface area contributed by atoms with Crippen molar-refractivity contribution in [3.63, 3.8) is 0 Å². The fraction of sp³-hybridized carbons (Fsp3) is 0.375. The van der Waals surface area contributed by atoms with Gasteiger partial charge in [-0.15, -0.1) is 13.2 Å². The van der Waals surface area contributed by atoms with Gasteiger partial charge in [0.2, 0.25) is 0 Å². The van der Waals surface area contributed by atoms with Gasteiger partial charge in [0, 0.05) is 16.2 Å². The van der Waals surface area contributed by atoms with Crippen molar-refractivity contribution in [2.24, 2.45) is 0 Å². The van der Waals surface area contributed by atoms with Gasteiger partial charge < -0.3 is 9.47 Å². The minimum atomic E-state index is -5.01. The Bertz CT molecular complexity index is 558. The molecule has 0 atom stereocenters. The Morgan fingerprint density at radius 2 is 1.94 bits per heavy atom. The Balaban J connectivity index is 3.46. The normalized spacial score (nSPS) is 12.3. The van der Waals surface area contributed by atoms with Crippen LogP contribution in [0.4, 0.5) is 13.2 Å². The van der Waals surface area contributed by atoms with E-state index in [1.54, 1.807) is 0 Å². The smallest absolute Gasteiger partial charge is 0.478 e. The van der Waals surface area contributed by atoms with E-state index in [1.807, 2.05) is 0 Å². The molecule has 102 valence electrons. The molecule has 0 unspecified atom stereocenters. The second-order valence-corrected chi connectivity index (χ2v) is 5.61. The Labute approximate surface area is 105 Å². The number of halogens is 4. The van der Waals surface area contributed by atoms with Crippen molar-refractivity contribution < 1.29 is 31.1 Å². The third-order valence-corrected chi connectivity index (χ3v) is 3.31. The second-order valence-electron chi connectivity index (χ2n) is 3.07. The fourth-order valence-corrected chi connectivity index (χ4v) is 2.28. The highest BCUT2D eigenvalue weighted by atomic mass is 35.7. The highest BCUT2D eigenvalue weighted by molar-refractivity contribution is 8.13. The Morgan fingerprint density at radius 1 is 1.39 bits per heavy atom. The third kappa shape index (κ3) is 3.39. The highest BCUT2D eigenvalue weighted by Crippen LogP contribution is 2.37. The van der Waals surface area contributed by atoms with E-state index in [0.29, 0.717) is 0 Å². The lowest BCUT2D eigenvalue weighted by atomic mass is 10.3. The second kappa shape index (κ2) is 4.81. The summed E-state index contributed by atoms with van der Waals surface area (Å²) in [4.78, 5) is 2.82. The molecular formula is C8H7ClF3NO4S. The van der Waals surface area contributed by atoms with Crippen molar-refractivity contribution >= 4 is 19.7 Å². The van der Waals surface area contributed by atoms with Gasteiger partial charge in [-0.25, -0.2) is 13.4 Å². The number of ether oxygens (including phenoxy) is 2. The van der Waals surface area contributed by atoms with Gasteiger partial charge in [-0.1, -0.05) is 0 Å². The Kier molecular flexibility index (Phi) is 3.96. The monoisotopic (exact) mass is 305 g/mol. The molecule has 1 rings (SSSR count). The van der Waals surface area contributed by atoms with E-state index in [0.717, 1.165) is 20.2 Å². The van der Waals surface area contributed by atoms with Gasteiger partial charge in [-0.3, -0.25) is 0 Å². The SMILES string of the molecule is COc1ncc(S(=O)(=O)Cl)c(C)c1OC(F)(F)F. The van der Waals surface area contributed by atoms with Crippen molar-refractivity contribution in [3.8, 4) is 11.6 Å². The predicted octanol–water partition coefficient (Wildman–Crippen LogP) is 2.22. The molecule has 1 aromatic rings. The summed E-state index contributed by atoms with van der Waals surface area (Å²) in [5, 5.41) is 0. The van der Waals surface area contributed by atoms with Crippen molar-refractivity contribution in [1.82, 2.24) is 4.98 Å². The molecule has 0 saturated heterocycles. The van der Waals surface area contributed by atoms with Crippen LogP contribution in [0.2, 0.25) is 0 Å². The van der Waals surface area contributed by atoms with Gasteiger partial charge in [0.15, 0.2) is 5.75 Å². The van der Waals surface area contributed by atoms with E-state index >= 15 is 0 Å². The number of nitrogens with zero attached hydrogens (tertiary/aromatic N) is 1. The number of hydrogen-bond donors (Lipinski definition) is 0. The summed E-state index contributed by atoms with van der Waals surface area (Å²) in [5.41, 5.74) is -0.339. The molecule has 18 heavy (non-hydrogen) atoms. The number of rotatable bonds is 3. The van der Waals surface area contributed by atoms with Crippen molar-refractivity contribution in [3.05, 3.63) is 11.8 Å². The maximum absolute atomic E-state index is 12.2. The molecule has 0 fully saturated rings. The molecule has 0 aliphatic rings. The van der Waals surface area contributed by atoms with Gasteiger partial charge in [0.05, 0.1) is 13.3 Å². The maximum Gasteiger partial charge on any atom is 0.573 e. The van der Waals surface area contributed by atoms with Crippen LogP contribution in [0.15, 0.2) is 11.1 Å². The number of pyridine rings is 1. The zero-order valence-corrected chi connectivity index (χ0v) is 10.7. The van der Waals surface area contributed by atoms with Crippen LogP contribution in [0.1, 0.15) is 5.56 Å². The quantitative estimate of drug-likeness (QED) is 0.801. The molecule has 0 radical (unpaired) electrons. The number of alkyl halides is 3. The minimum absolute atomic E-state index is 0.339. The summed E-state index contributed by atoms with van der Waals surface area (Å²) in [6.07, 6.45) is -4.21. The van der Waals surface area contributed by atoms with Crippen LogP contribution in [-0.2, 0) is 9.05 Å². The topological polar surface area (TPSA) is 65.5 Å². The molecule has 0 spiro atoms. The summed E-state index contributed by atoms with van der Waals surface area (Å²) >= 11 is 0. The molecule has 0 saturated carbocycles. The lowest BCUT2D eigenvalue weighted by Crippen LogP contribution is -2.19. The first-order valence-corrected chi connectivity index (χ1v) is 6.61. The molecule has 1 heterocycles. The molecule has 5 nitrogen and oxygen atoms in total. The van der Waals surface area contributed by atoms with Gasteiger partial charge in [-0.05, 0) is 6.92 Å². The molecule has 1 aromatic heterocycles. The van der Waals surface area contributed by atoms with Crippen molar-refractivity contribution in [2.45, 2.75) is 18.2 Å². The number of hydrogen-bond acceptors (Lipinski definition) is 5. The molecule has 0 bridgehead atoms. The summed E-state index contributed by atoms with van der Waals surface area (Å²) in [7, 11) is 1.90. The Hall–Kier alpha value is -1.22. The first-order chi connectivity index (χ1) is 8.06. The van der Waals surface area contributed by atoms with Gasteiger partial charge in [-0.2, -0.15) is 0 Å². The minimum Gasteiger partial charge on any atom is -0.478 e. The van der Waals surface area contributed by atoms with E-state index in [-0.39, 0.29) is 5.56 Å². The molecule has 0 aromatic carbocycles. The average molecular weight is 306 g/mol. The molecule has 0 aliphatic carbocycles. The molecule has 0 aliphatic heterocycles. The summed E-state index contributed by atoms with van der Waals surface area (Å²) in [6, 6.07) is 0. The van der Waals surface area contributed by atoms with E-state index in [4.69, 9.17) is 10.7 Å². The van der Waals surface area contributed by atoms with E-state index < -0.39 is 31.9 Å². The van der Waals surface area contributed by atoms with Crippen LogP contribution in [0.3, 0.4) is 0 Å². The Morgan fingerprint density at radius 3 is 2.33 bits per heavy atom. The summed E-state index contributed by atoms with van der Waals surface area (Å²) in [5.74, 6) is -1.33. The zero-order valence-electron chi connectivity index (χ0n) is 9.08. The summed E-state index contributed by atoms with van der Waals surface area (Å²) in [6.45, 7) is 1.10. The maximum atomic E-state index is 12.2. The van der Waals surface area contributed by atoms with Crippen molar-refractivity contribution in [1.29, 1.82) is 0 Å². The number of aromatic nitrogens is 1. The van der Waals surface area contributed by atoms with Crippen LogP contribution < -0.4 is 9.47 Å². The highest BCUT2D eigenvalue weighted by Gasteiger charge is 2.35. The lowest BCUT2D eigenvalue weighted by Gasteiger charge is -2.15. The first kappa shape index (κ1) is 14.8. The predicted molar refractivity (Wildman–Crippen MR) is 55.2 cm³/mol. The van der Waals surface area contributed by atoms with Gasteiger partial charge in [0.1, 0.15) is 4.90 Å². The van der Waals surface area contributed by atoms with Crippen LogP contribution in [0.5, 0.6) is 11.6 Å². The number of methoxy groups -OCH3 is 1. The van der Waals surface area contributed by atoms with E-state index in [1.165, 1.54) is 0 Å². The molecular weight excluding hydrogens is 299 g/mol. The molecule has 10 heteroatoms. The standard InChI is InChI=1S/C8H7ClF3NO4S/c1-4-5(18(9,14)15)3-13-7(16-2)6(4)17-8(10,11)12/h3H,1-2H3. The van der Waals surface area contributed by atoms with Crippen LogP contribution in [0, 0.1) is 6.92 Å². The van der Waals surface area contributed by atoms with Crippen LogP contribution in [0.25, 0.3) is 0 Å². The van der Waals surface area contributed by atoms with Gasteiger partial charge in [0.25, 0.3) is 14.9 Å².